The van der Waals surface area contributed by atoms with E-state index in [1.165, 1.54) is 10.4 Å². The summed E-state index contributed by atoms with van der Waals surface area (Å²) in [4.78, 5) is 5.29. The average Bonchev–Trinajstić information content (AvgIpc) is 2.72. The summed E-state index contributed by atoms with van der Waals surface area (Å²) in [5.74, 6) is 0. The molecule has 0 saturated heterocycles. The van der Waals surface area contributed by atoms with Gasteiger partial charge in [-0.3, -0.25) is 4.98 Å². The fourth-order valence-corrected chi connectivity index (χ4v) is 2.24. The minimum Gasteiger partial charge on any atom is -0.378 e. The van der Waals surface area contributed by atoms with Crippen LogP contribution in [0.25, 0.3) is 0 Å². The normalized spacial score (nSPS) is 9.75. The number of nitriles is 1. The highest BCUT2D eigenvalue weighted by atomic mass is 32.1. The Kier molecular flexibility index (Phi) is 3.18. The van der Waals surface area contributed by atoms with Crippen LogP contribution >= 0.6 is 11.3 Å². The van der Waals surface area contributed by atoms with Gasteiger partial charge >= 0.3 is 0 Å². The number of hydrogen-bond acceptors (Lipinski definition) is 4. The van der Waals surface area contributed by atoms with Crippen molar-refractivity contribution in [3.63, 3.8) is 0 Å². The Morgan fingerprint density at radius 2 is 2.38 bits per heavy atom. The second kappa shape index (κ2) is 4.77. The summed E-state index contributed by atoms with van der Waals surface area (Å²) >= 11 is 1.72. The number of aromatic nitrogens is 1. The van der Waals surface area contributed by atoms with Crippen molar-refractivity contribution >= 4 is 17.0 Å². The highest BCUT2D eigenvalue weighted by Gasteiger charge is 2.03. The number of pyridine rings is 1. The maximum absolute atomic E-state index is 8.92. The van der Waals surface area contributed by atoms with Crippen molar-refractivity contribution in [1.29, 1.82) is 5.26 Å². The Morgan fingerprint density at radius 3 is 3.06 bits per heavy atom. The Morgan fingerprint density at radius 1 is 1.50 bits per heavy atom. The van der Waals surface area contributed by atoms with Gasteiger partial charge in [-0.05, 0) is 30.0 Å². The molecule has 0 atom stereocenters. The molecule has 2 aromatic heterocycles. The van der Waals surface area contributed by atoms with E-state index in [-0.39, 0.29) is 0 Å². The zero-order valence-electron chi connectivity index (χ0n) is 8.90. The van der Waals surface area contributed by atoms with Gasteiger partial charge in [0.2, 0.25) is 0 Å². The Hall–Kier alpha value is -1.86. The van der Waals surface area contributed by atoms with E-state index in [0.717, 1.165) is 12.2 Å². The average molecular weight is 229 g/mol. The zero-order chi connectivity index (χ0) is 11.4. The van der Waals surface area contributed by atoms with Gasteiger partial charge in [0.1, 0.15) is 6.07 Å². The van der Waals surface area contributed by atoms with Gasteiger partial charge < -0.3 is 5.32 Å². The first kappa shape index (κ1) is 10.7. The van der Waals surface area contributed by atoms with Crippen LogP contribution in [0, 0.1) is 18.3 Å². The molecule has 0 aromatic carbocycles. The molecule has 4 heteroatoms. The lowest BCUT2D eigenvalue weighted by Gasteiger charge is -2.06. The molecule has 0 saturated carbocycles. The van der Waals surface area contributed by atoms with E-state index in [4.69, 9.17) is 5.26 Å². The molecule has 2 rings (SSSR count). The van der Waals surface area contributed by atoms with Crippen molar-refractivity contribution in [3.8, 4) is 6.07 Å². The van der Waals surface area contributed by atoms with Crippen LogP contribution in [-0.4, -0.2) is 4.98 Å². The summed E-state index contributed by atoms with van der Waals surface area (Å²) < 4.78 is 0. The van der Waals surface area contributed by atoms with Gasteiger partial charge in [-0.15, -0.1) is 11.3 Å². The summed E-state index contributed by atoms with van der Waals surface area (Å²) in [5.41, 5.74) is 2.70. The van der Waals surface area contributed by atoms with Crippen molar-refractivity contribution in [3.05, 3.63) is 45.9 Å². The van der Waals surface area contributed by atoms with Crippen molar-refractivity contribution in [2.24, 2.45) is 0 Å². The summed E-state index contributed by atoms with van der Waals surface area (Å²) in [5, 5.41) is 14.2. The monoisotopic (exact) mass is 229 g/mol. The van der Waals surface area contributed by atoms with E-state index < -0.39 is 0 Å². The highest BCUT2D eigenvalue weighted by molar-refractivity contribution is 7.10. The highest BCUT2D eigenvalue weighted by Crippen LogP contribution is 2.18. The number of hydrogen-bond donors (Lipinski definition) is 1. The summed E-state index contributed by atoms with van der Waals surface area (Å²) in [6, 6.07) is 5.95. The van der Waals surface area contributed by atoms with E-state index in [2.05, 4.69) is 34.7 Å². The van der Waals surface area contributed by atoms with Gasteiger partial charge in [0, 0.05) is 17.6 Å². The molecule has 1 N–H and O–H groups in total. The molecule has 2 heterocycles. The smallest absolute Gasteiger partial charge is 0.101 e. The van der Waals surface area contributed by atoms with Gasteiger partial charge in [-0.1, -0.05) is 0 Å². The molecular weight excluding hydrogens is 218 g/mol. The van der Waals surface area contributed by atoms with Crippen LogP contribution in [0.15, 0.2) is 29.9 Å². The van der Waals surface area contributed by atoms with E-state index in [9.17, 15) is 0 Å². The van der Waals surface area contributed by atoms with Crippen molar-refractivity contribution < 1.29 is 0 Å². The lowest BCUT2D eigenvalue weighted by atomic mass is 10.2. The van der Waals surface area contributed by atoms with Crippen LogP contribution in [0.3, 0.4) is 0 Å². The minimum absolute atomic E-state index is 0.629. The Bertz CT molecular complexity index is 525. The van der Waals surface area contributed by atoms with Gasteiger partial charge in [0.05, 0.1) is 17.4 Å². The topological polar surface area (TPSA) is 48.7 Å². The number of rotatable bonds is 3. The third kappa shape index (κ3) is 2.20. The Labute approximate surface area is 98.4 Å². The number of nitrogens with one attached hydrogen (secondary N) is 1. The van der Waals surface area contributed by atoms with Gasteiger partial charge in [0.25, 0.3) is 0 Å². The minimum atomic E-state index is 0.629. The zero-order valence-corrected chi connectivity index (χ0v) is 9.71. The summed E-state index contributed by atoms with van der Waals surface area (Å²) in [6.07, 6.45) is 3.31. The molecule has 16 heavy (non-hydrogen) atoms. The quantitative estimate of drug-likeness (QED) is 0.880. The molecule has 0 unspecified atom stereocenters. The van der Waals surface area contributed by atoms with Crippen molar-refractivity contribution in [2.45, 2.75) is 13.5 Å². The fraction of sp³-hybridized carbons (Fsp3) is 0.167. The Balaban J connectivity index is 2.11. The summed E-state index contributed by atoms with van der Waals surface area (Å²) in [6.45, 7) is 2.83. The number of anilines is 1. The van der Waals surface area contributed by atoms with Crippen LogP contribution in [-0.2, 0) is 6.54 Å². The first-order valence-corrected chi connectivity index (χ1v) is 5.80. The lowest BCUT2D eigenvalue weighted by molar-refractivity contribution is 1.15. The molecule has 0 aliphatic rings. The fourth-order valence-electron chi connectivity index (χ4n) is 1.39. The van der Waals surface area contributed by atoms with Gasteiger partial charge in [-0.25, -0.2) is 0 Å². The second-order valence-electron chi connectivity index (χ2n) is 3.41. The van der Waals surface area contributed by atoms with Crippen LogP contribution in [0.5, 0.6) is 0 Å². The molecule has 0 bridgehead atoms. The van der Waals surface area contributed by atoms with Gasteiger partial charge in [0.15, 0.2) is 0 Å². The molecule has 0 amide bonds. The van der Waals surface area contributed by atoms with E-state index in [1.807, 2.05) is 0 Å². The maximum Gasteiger partial charge on any atom is 0.101 e. The SMILES string of the molecule is Cc1ccsc1CNc1cnccc1C#N. The van der Waals surface area contributed by atoms with Crippen LogP contribution in [0.4, 0.5) is 5.69 Å². The lowest BCUT2D eigenvalue weighted by Crippen LogP contribution is -2.01. The van der Waals surface area contributed by atoms with Crippen LogP contribution < -0.4 is 5.32 Å². The molecule has 0 aliphatic heterocycles. The molecule has 0 spiro atoms. The first-order valence-electron chi connectivity index (χ1n) is 4.92. The standard InChI is InChI=1S/C12H11N3S/c1-9-3-5-16-12(9)8-15-11-7-14-4-2-10(11)6-13/h2-5,7,15H,8H2,1H3. The number of thiophene rings is 1. The molecule has 2 aromatic rings. The predicted molar refractivity (Wildman–Crippen MR) is 65.3 cm³/mol. The van der Waals surface area contributed by atoms with Crippen LogP contribution in [0.2, 0.25) is 0 Å². The van der Waals surface area contributed by atoms with E-state index in [0.29, 0.717) is 5.56 Å². The first-order chi connectivity index (χ1) is 7.81. The van der Waals surface area contributed by atoms with Crippen molar-refractivity contribution in [1.82, 2.24) is 4.98 Å². The van der Waals surface area contributed by atoms with E-state index >= 15 is 0 Å². The third-order valence-corrected chi connectivity index (χ3v) is 3.37. The molecule has 0 aliphatic carbocycles. The molecule has 80 valence electrons. The molecule has 0 fully saturated rings. The third-order valence-electron chi connectivity index (χ3n) is 2.35. The number of aryl methyl sites for hydroxylation is 1. The predicted octanol–water partition coefficient (Wildman–Crippen LogP) is 2.94. The number of nitrogens with zero attached hydrogens (tertiary/aromatic N) is 2. The maximum atomic E-state index is 8.92. The van der Waals surface area contributed by atoms with E-state index in [1.54, 1.807) is 29.8 Å². The second-order valence-corrected chi connectivity index (χ2v) is 4.41. The molecule has 3 nitrogen and oxygen atoms in total. The van der Waals surface area contributed by atoms with Gasteiger partial charge in [-0.2, -0.15) is 5.26 Å². The summed E-state index contributed by atoms with van der Waals surface area (Å²) in [7, 11) is 0. The van der Waals surface area contributed by atoms with Crippen molar-refractivity contribution in [2.75, 3.05) is 5.32 Å². The molecular formula is C12H11N3S. The molecule has 0 radical (unpaired) electrons. The van der Waals surface area contributed by atoms with Crippen LogP contribution in [0.1, 0.15) is 16.0 Å². The largest absolute Gasteiger partial charge is 0.378 e.